The highest BCUT2D eigenvalue weighted by Crippen LogP contribution is 2.34. The first-order valence-electron chi connectivity index (χ1n) is 10.4. The topological polar surface area (TPSA) is 242 Å². The van der Waals surface area contributed by atoms with Crippen LogP contribution in [0.2, 0.25) is 0 Å². The average molecular weight is 523 g/mol. The summed E-state index contributed by atoms with van der Waals surface area (Å²) in [7, 11) is -4.67. The van der Waals surface area contributed by atoms with Crippen LogP contribution in [-0.2, 0) is 34.1 Å². The number of aliphatic carboxylic acids is 2. The summed E-state index contributed by atoms with van der Waals surface area (Å²) in [6.07, 6.45) is -0.765. The maximum absolute atomic E-state index is 12.9. The van der Waals surface area contributed by atoms with E-state index in [0.29, 0.717) is 0 Å². The predicted octanol–water partition coefficient (Wildman–Crippen LogP) is -1.18. The third kappa shape index (κ3) is 12.2. The number of rotatable bonds is 16. The number of carbonyl (C=O) groups is 5. The number of hydrogen-bond donors (Lipinski definition) is 7. The molecule has 0 fully saturated rings. The molecular formula is C20H34N4O10S. The molecule has 0 spiro atoms. The smallest absolute Gasteiger partial charge is 0.326 e. The van der Waals surface area contributed by atoms with Gasteiger partial charge in [-0.05, 0) is 26.7 Å². The molecule has 2 atom stereocenters. The van der Waals surface area contributed by atoms with Gasteiger partial charge in [-0.15, -0.1) is 0 Å². The van der Waals surface area contributed by atoms with Crippen LogP contribution < -0.4 is 21.7 Å². The van der Waals surface area contributed by atoms with E-state index in [1.807, 2.05) is 0 Å². The summed E-state index contributed by atoms with van der Waals surface area (Å²) in [6.45, 7) is 8.84. The summed E-state index contributed by atoms with van der Waals surface area (Å²) in [6, 6.07) is -2.93. The number of carbonyl (C=O) groups excluding carboxylic acids is 3. The first-order chi connectivity index (χ1) is 15.7. The van der Waals surface area contributed by atoms with E-state index in [1.165, 1.54) is 27.7 Å². The van der Waals surface area contributed by atoms with E-state index in [9.17, 15) is 47.2 Å². The molecule has 8 N–H and O–H groups in total. The standard InChI is InChI=1S/C20H34N4O10S/c1-11(23-12(16(27)28)6-7-15(26)22-8-14(21)25)13(9-35(32,33)34)24-17(29)19(2,3)10-20(4,5)18(30)31/h12-13,23H,1,6-10H2,2-5H3,(H2,21,25)(H,22,26)(H,24,29)(H,27,28)(H,30,31)(H,32,33,34). The normalized spacial score (nSPS) is 13.7. The molecule has 15 heteroatoms. The highest BCUT2D eigenvalue weighted by molar-refractivity contribution is 7.85. The largest absolute Gasteiger partial charge is 0.481 e. The zero-order valence-electron chi connectivity index (χ0n) is 20.1. The van der Waals surface area contributed by atoms with Crippen LogP contribution in [0.1, 0.15) is 47.0 Å². The number of nitrogens with one attached hydrogen (secondary N) is 3. The number of carboxylic acids is 2. The molecular weight excluding hydrogens is 488 g/mol. The van der Waals surface area contributed by atoms with Crippen LogP contribution in [-0.4, -0.2) is 77.2 Å². The fraction of sp³-hybridized carbons (Fsp3) is 0.650. The number of amides is 3. The van der Waals surface area contributed by atoms with Crippen LogP contribution >= 0.6 is 0 Å². The Morgan fingerprint density at radius 1 is 0.971 bits per heavy atom. The molecule has 0 aliphatic carbocycles. The molecule has 0 aromatic heterocycles. The Bertz CT molecular complexity index is 959. The third-order valence-corrected chi connectivity index (χ3v) is 5.71. The highest BCUT2D eigenvalue weighted by atomic mass is 32.2. The van der Waals surface area contributed by atoms with Gasteiger partial charge in [-0.2, -0.15) is 8.42 Å². The summed E-state index contributed by atoms with van der Waals surface area (Å²) in [5, 5.41) is 25.8. The SMILES string of the molecule is C=C(NC(CCC(=O)NCC(N)=O)C(=O)O)C(CS(=O)(=O)O)NC(=O)C(C)(C)CC(C)(C)C(=O)O. The molecule has 0 saturated carbocycles. The molecule has 0 heterocycles. The van der Waals surface area contributed by atoms with Crippen molar-refractivity contribution in [2.45, 2.75) is 59.0 Å². The first-order valence-corrected chi connectivity index (χ1v) is 12.0. The van der Waals surface area contributed by atoms with Crippen LogP contribution in [0.3, 0.4) is 0 Å². The van der Waals surface area contributed by atoms with E-state index >= 15 is 0 Å². The maximum Gasteiger partial charge on any atom is 0.326 e. The van der Waals surface area contributed by atoms with Gasteiger partial charge in [0.2, 0.25) is 17.7 Å². The minimum atomic E-state index is -4.67. The first kappa shape index (κ1) is 31.8. The summed E-state index contributed by atoms with van der Waals surface area (Å²) in [5.74, 6) is -5.83. The van der Waals surface area contributed by atoms with E-state index in [1.54, 1.807) is 0 Å². The Kier molecular flexibility index (Phi) is 11.3. The number of nitrogens with two attached hydrogens (primary N) is 1. The van der Waals surface area contributed by atoms with Gasteiger partial charge in [-0.3, -0.25) is 23.7 Å². The lowest BCUT2D eigenvalue weighted by Gasteiger charge is -2.33. The lowest BCUT2D eigenvalue weighted by atomic mass is 9.74. The molecule has 0 saturated heterocycles. The van der Waals surface area contributed by atoms with Crippen molar-refractivity contribution in [2.75, 3.05) is 12.3 Å². The van der Waals surface area contributed by atoms with Crippen molar-refractivity contribution in [3.63, 3.8) is 0 Å². The summed E-state index contributed by atoms with van der Waals surface area (Å²) < 4.78 is 32.3. The Morgan fingerprint density at radius 3 is 1.94 bits per heavy atom. The fourth-order valence-corrected chi connectivity index (χ4v) is 3.89. The molecule has 0 aliphatic heterocycles. The van der Waals surface area contributed by atoms with Gasteiger partial charge in [0.1, 0.15) is 11.8 Å². The van der Waals surface area contributed by atoms with Crippen molar-refractivity contribution < 1.29 is 47.2 Å². The molecule has 14 nitrogen and oxygen atoms in total. The van der Waals surface area contributed by atoms with Gasteiger partial charge in [-0.25, -0.2) is 4.79 Å². The van der Waals surface area contributed by atoms with Crippen molar-refractivity contribution >= 4 is 39.8 Å². The molecule has 0 radical (unpaired) electrons. The van der Waals surface area contributed by atoms with Crippen LogP contribution in [0, 0.1) is 10.8 Å². The van der Waals surface area contributed by atoms with Crippen LogP contribution in [0.4, 0.5) is 0 Å². The van der Waals surface area contributed by atoms with Gasteiger partial charge in [0.25, 0.3) is 10.1 Å². The minimum absolute atomic E-state index is 0.127. The molecule has 0 aliphatic rings. The average Bonchev–Trinajstić information content (AvgIpc) is 2.66. The van der Waals surface area contributed by atoms with E-state index in [2.05, 4.69) is 22.5 Å². The van der Waals surface area contributed by atoms with Crippen LogP contribution in [0.25, 0.3) is 0 Å². The number of carboxylic acid groups (broad SMARTS) is 2. The molecule has 35 heavy (non-hydrogen) atoms. The third-order valence-electron chi connectivity index (χ3n) is 4.96. The molecule has 3 amide bonds. The Morgan fingerprint density at radius 2 is 1.51 bits per heavy atom. The van der Waals surface area contributed by atoms with Crippen molar-refractivity contribution in [3.8, 4) is 0 Å². The zero-order chi connectivity index (χ0) is 27.8. The molecule has 0 rings (SSSR count). The molecule has 200 valence electrons. The van der Waals surface area contributed by atoms with E-state index < -0.39 is 75.0 Å². The van der Waals surface area contributed by atoms with Gasteiger partial charge in [0, 0.05) is 17.5 Å². The molecule has 0 aromatic carbocycles. The zero-order valence-corrected chi connectivity index (χ0v) is 20.9. The van der Waals surface area contributed by atoms with Gasteiger partial charge in [0.05, 0.1) is 18.0 Å². The lowest BCUT2D eigenvalue weighted by molar-refractivity contribution is -0.150. The van der Waals surface area contributed by atoms with Gasteiger partial charge in [0.15, 0.2) is 0 Å². The van der Waals surface area contributed by atoms with Crippen LogP contribution in [0.15, 0.2) is 12.3 Å². The quantitative estimate of drug-likeness (QED) is 0.119. The Hall–Kier alpha value is -3.20. The van der Waals surface area contributed by atoms with E-state index in [4.69, 9.17) is 5.73 Å². The predicted molar refractivity (Wildman–Crippen MR) is 123 cm³/mol. The summed E-state index contributed by atoms with van der Waals surface area (Å²) in [4.78, 5) is 58.3. The Labute approximate surface area is 203 Å². The molecule has 0 bridgehead atoms. The monoisotopic (exact) mass is 522 g/mol. The van der Waals surface area contributed by atoms with Crippen molar-refractivity contribution in [1.82, 2.24) is 16.0 Å². The summed E-state index contributed by atoms with van der Waals surface area (Å²) in [5.41, 5.74) is 2.03. The highest BCUT2D eigenvalue weighted by Gasteiger charge is 2.40. The fourth-order valence-electron chi connectivity index (χ4n) is 3.19. The Balaban J connectivity index is 5.55. The van der Waals surface area contributed by atoms with Gasteiger partial charge >= 0.3 is 11.9 Å². The second-order valence-electron chi connectivity index (χ2n) is 9.37. The second-order valence-corrected chi connectivity index (χ2v) is 10.9. The van der Waals surface area contributed by atoms with Crippen molar-refractivity contribution in [3.05, 3.63) is 12.3 Å². The molecule has 0 aromatic rings. The maximum atomic E-state index is 12.9. The van der Waals surface area contributed by atoms with Crippen LogP contribution in [0.5, 0.6) is 0 Å². The number of hydrogen-bond acceptors (Lipinski definition) is 8. The number of primary amides is 1. The minimum Gasteiger partial charge on any atom is -0.481 e. The second kappa shape index (κ2) is 12.5. The van der Waals surface area contributed by atoms with Crippen molar-refractivity contribution in [2.24, 2.45) is 16.6 Å². The van der Waals surface area contributed by atoms with Crippen molar-refractivity contribution in [1.29, 1.82) is 0 Å². The van der Waals surface area contributed by atoms with E-state index in [0.717, 1.165) is 0 Å². The summed E-state index contributed by atoms with van der Waals surface area (Å²) >= 11 is 0. The van der Waals surface area contributed by atoms with Gasteiger partial charge in [-0.1, -0.05) is 20.4 Å². The van der Waals surface area contributed by atoms with Gasteiger partial charge < -0.3 is 31.9 Å². The molecule has 2 unspecified atom stereocenters. The van der Waals surface area contributed by atoms with E-state index in [-0.39, 0.29) is 25.0 Å². The lowest BCUT2D eigenvalue weighted by Crippen LogP contribution is -2.51.